The summed E-state index contributed by atoms with van der Waals surface area (Å²) in [5, 5.41) is 16.8. The van der Waals surface area contributed by atoms with E-state index >= 15 is 0 Å². The highest BCUT2D eigenvalue weighted by molar-refractivity contribution is 5.91. The Hall–Kier alpha value is -2.17. The van der Waals surface area contributed by atoms with Crippen molar-refractivity contribution in [2.45, 2.75) is 45.3 Å². The van der Waals surface area contributed by atoms with Crippen LogP contribution in [0, 0.1) is 0 Å². The van der Waals surface area contributed by atoms with Gasteiger partial charge >= 0.3 is 0 Å². The zero-order chi connectivity index (χ0) is 18.3. The van der Waals surface area contributed by atoms with Crippen LogP contribution in [0.1, 0.15) is 38.3 Å². The van der Waals surface area contributed by atoms with Crippen LogP contribution < -0.4 is 10.6 Å². The standard InChI is InChI=1S/C21H28N2O2/c1-4-17-10-8-9-13-19(17)23-20(24)14-16(2)22-15-21(3,25)18-11-6-5-7-12-18/h5-13,16,22,25H,4,14-15H2,1-3H3,(H,23,24). The van der Waals surface area contributed by atoms with Gasteiger partial charge < -0.3 is 15.7 Å². The Morgan fingerprint density at radius 2 is 1.76 bits per heavy atom. The summed E-state index contributed by atoms with van der Waals surface area (Å²) in [6.45, 7) is 6.18. The first-order chi connectivity index (χ1) is 11.9. The normalized spacial score (nSPS) is 14.6. The van der Waals surface area contributed by atoms with E-state index in [-0.39, 0.29) is 11.9 Å². The van der Waals surface area contributed by atoms with Gasteiger partial charge in [-0.15, -0.1) is 0 Å². The first-order valence-electron chi connectivity index (χ1n) is 8.81. The molecular formula is C21H28N2O2. The van der Waals surface area contributed by atoms with Gasteiger partial charge in [-0.3, -0.25) is 4.79 Å². The Kier molecular flexibility index (Phi) is 6.73. The van der Waals surface area contributed by atoms with Crippen LogP contribution in [0.4, 0.5) is 5.69 Å². The summed E-state index contributed by atoms with van der Waals surface area (Å²) in [5.41, 5.74) is 1.89. The maximum Gasteiger partial charge on any atom is 0.225 e. The fourth-order valence-electron chi connectivity index (χ4n) is 2.77. The van der Waals surface area contributed by atoms with E-state index < -0.39 is 5.60 Å². The van der Waals surface area contributed by atoms with Crippen molar-refractivity contribution in [3.05, 3.63) is 65.7 Å². The Bertz CT molecular complexity index is 683. The number of carbonyl (C=O) groups is 1. The number of carbonyl (C=O) groups excluding carboxylic acids is 1. The summed E-state index contributed by atoms with van der Waals surface area (Å²) in [6.07, 6.45) is 1.23. The monoisotopic (exact) mass is 340 g/mol. The molecule has 0 bridgehead atoms. The zero-order valence-corrected chi connectivity index (χ0v) is 15.3. The first-order valence-corrected chi connectivity index (χ1v) is 8.81. The predicted molar refractivity (Wildman–Crippen MR) is 103 cm³/mol. The van der Waals surface area contributed by atoms with Gasteiger partial charge in [0.15, 0.2) is 0 Å². The van der Waals surface area contributed by atoms with Crippen molar-refractivity contribution in [3.8, 4) is 0 Å². The van der Waals surface area contributed by atoms with Crippen LogP contribution in [-0.2, 0) is 16.8 Å². The lowest BCUT2D eigenvalue weighted by molar-refractivity contribution is -0.116. The molecule has 0 saturated carbocycles. The van der Waals surface area contributed by atoms with Crippen molar-refractivity contribution in [1.82, 2.24) is 5.32 Å². The third kappa shape index (κ3) is 5.69. The van der Waals surface area contributed by atoms with Gasteiger partial charge in [0, 0.05) is 24.7 Å². The van der Waals surface area contributed by atoms with Crippen LogP contribution in [0.25, 0.3) is 0 Å². The molecule has 25 heavy (non-hydrogen) atoms. The average molecular weight is 340 g/mol. The van der Waals surface area contributed by atoms with Gasteiger partial charge in [0.25, 0.3) is 0 Å². The van der Waals surface area contributed by atoms with E-state index in [9.17, 15) is 9.90 Å². The third-order valence-corrected chi connectivity index (χ3v) is 4.35. The molecule has 2 unspecified atom stereocenters. The van der Waals surface area contributed by atoms with Crippen molar-refractivity contribution in [3.63, 3.8) is 0 Å². The summed E-state index contributed by atoms with van der Waals surface area (Å²) in [6, 6.07) is 17.4. The number of rotatable bonds is 8. The van der Waals surface area contributed by atoms with E-state index in [4.69, 9.17) is 0 Å². The molecule has 0 fully saturated rings. The number of hydrogen-bond acceptors (Lipinski definition) is 3. The summed E-state index contributed by atoms with van der Waals surface area (Å²) in [4.78, 5) is 12.3. The topological polar surface area (TPSA) is 61.4 Å². The maximum absolute atomic E-state index is 12.3. The minimum Gasteiger partial charge on any atom is -0.384 e. The van der Waals surface area contributed by atoms with Gasteiger partial charge in [-0.25, -0.2) is 0 Å². The highest BCUT2D eigenvalue weighted by atomic mass is 16.3. The van der Waals surface area contributed by atoms with Gasteiger partial charge in [-0.2, -0.15) is 0 Å². The van der Waals surface area contributed by atoms with Crippen molar-refractivity contribution in [1.29, 1.82) is 0 Å². The highest BCUT2D eigenvalue weighted by Crippen LogP contribution is 2.19. The molecule has 3 N–H and O–H groups in total. The molecule has 2 aromatic rings. The Balaban J connectivity index is 1.85. The van der Waals surface area contributed by atoms with Gasteiger partial charge in [-0.05, 0) is 37.5 Å². The maximum atomic E-state index is 12.3. The number of anilines is 1. The largest absolute Gasteiger partial charge is 0.384 e. The Morgan fingerprint density at radius 1 is 1.12 bits per heavy atom. The van der Waals surface area contributed by atoms with Crippen molar-refractivity contribution in [2.75, 3.05) is 11.9 Å². The van der Waals surface area contributed by atoms with Crippen LogP contribution in [0.5, 0.6) is 0 Å². The third-order valence-electron chi connectivity index (χ3n) is 4.35. The molecular weight excluding hydrogens is 312 g/mol. The number of para-hydroxylation sites is 1. The van der Waals surface area contributed by atoms with E-state index in [1.165, 1.54) is 0 Å². The minimum atomic E-state index is -0.971. The zero-order valence-electron chi connectivity index (χ0n) is 15.3. The average Bonchev–Trinajstić information content (AvgIpc) is 2.61. The van der Waals surface area contributed by atoms with Gasteiger partial charge in [0.1, 0.15) is 0 Å². The lowest BCUT2D eigenvalue weighted by Gasteiger charge is -2.26. The lowest BCUT2D eigenvalue weighted by atomic mass is 9.95. The molecule has 0 spiro atoms. The van der Waals surface area contributed by atoms with E-state index in [1.807, 2.05) is 61.5 Å². The highest BCUT2D eigenvalue weighted by Gasteiger charge is 2.23. The molecule has 2 atom stereocenters. The number of amides is 1. The number of benzene rings is 2. The molecule has 2 aromatic carbocycles. The molecule has 2 rings (SSSR count). The Morgan fingerprint density at radius 3 is 2.44 bits per heavy atom. The van der Waals surface area contributed by atoms with E-state index in [0.29, 0.717) is 13.0 Å². The van der Waals surface area contributed by atoms with Crippen LogP contribution >= 0.6 is 0 Å². The molecule has 0 aliphatic heterocycles. The Labute approximate surface area is 150 Å². The molecule has 0 aliphatic rings. The first kappa shape index (κ1) is 19.2. The van der Waals surface area contributed by atoms with Crippen LogP contribution in [-0.4, -0.2) is 23.6 Å². The summed E-state index contributed by atoms with van der Waals surface area (Å²) < 4.78 is 0. The van der Waals surface area contributed by atoms with Crippen molar-refractivity contribution < 1.29 is 9.90 Å². The number of aliphatic hydroxyl groups is 1. The van der Waals surface area contributed by atoms with E-state index in [1.54, 1.807) is 6.92 Å². The number of hydrogen-bond donors (Lipinski definition) is 3. The molecule has 0 saturated heterocycles. The molecule has 4 heteroatoms. The van der Waals surface area contributed by atoms with Crippen LogP contribution in [0.3, 0.4) is 0 Å². The van der Waals surface area contributed by atoms with Crippen molar-refractivity contribution in [2.24, 2.45) is 0 Å². The van der Waals surface area contributed by atoms with Crippen LogP contribution in [0.2, 0.25) is 0 Å². The quantitative estimate of drug-likeness (QED) is 0.690. The number of nitrogens with one attached hydrogen (secondary N) is 2. The second kappa shape index (κ2) is 8.79. The number of aryl methyl sites for hydroxylation is 1. The second-order valence-electron chi connectivity index (χ2n) is 6.68. The smallest absolute Gasteiger partial charge is 0.225 e. The SMILES string of the molecule is CCc1ccccc1NC(=O)CC(C)NCC(C)(O)c1ccccc1. The van der Waals surface area contributed by atoms with E-state index in [2.05, 4.69) is 17.6 Å². The fraction of sp³-hybridized carbons (Fsp3) is 0.381. The summed E-state index contributed by atoms with van der Waals surface area (Å²) >= 11 is 0. The minimum absolute atomic E-state index is 0.0275. The molecule has 0 heterocycles. The fourth-order valence-corrected chi connectivity index (χ4v) is 2.77. The molecule has 4 nitrogen and oxygen atoms in total. The van der Waals surface area contributed by atoms with Crippen molar-refractivity contribution >= 4 is 11.6 Å². The van der Waals surface area contributed by atoms with E-state index in [0.717, 1.165) is 23.2 Å². The molecule has 0 radical (unpaired) electrons. The summed E-state index contributed by atoms with van der Waals surface area (Å²) in [5.74, 6) is -0.0275. The molecule has 1 amide bonds. The molecule has 0 aromatic heterocycles. The molecule has 0 aliphatic carbocycles. The predicted octanol–water partition coefficient (Wildman–Crippen LogP) is 3.46. The molecule has 134 valence electrons. The van der Waals surface area contributed by atoms with Gasteiger partial charge in [0.05, 0.1) is 5.60 Å². The lowest BCUT2D eigenvalue weighted by Crippen LogP contribution is -2.41. The van der Waals surface area contributed by atoms with Crippen LogP contribution in [0.15, 0.2) is 54.6 Å². The van der Waals surface area contributed by atoms with Gasteiger partial charge in [0.2, 0.25) is 5.91 Å². The summed E-state index contributed by atoms with van der Waals surface area (Å²) in [7, 11) is 0. The van der Waals surface area contributed by atoms with Gasteiger partial charge in [-0.1, -0.05) is 55.5 Å². The second-order valence-corrected chi connectivity index (χ2v) is 6.68.